The largest absolute Gasteiger partial charge is 0.497 e. The molecular weight excluding hydrogens is 436 g/mol. The first kappa shape index (κ1) is 22.7. The fraction of sp³-hybridized carbons (Fsp3) is 0.100. The van der Waals surface area contributed by atoms with E-state index in [0.29, 0.717) is 22.9 Å². The molecule has 0 amide bonds. The van der Waals surface area contributed by atoms with Crippen molar-refractivity contribution in [2.75, 3.05) is 25.7 Å². The van der Waals surface area contributed by atoms with Crippen molar-refractivity contribution in [1.82, 2.24) is 0 Å². The van der Waals surface area contributed by atoms with E-state index in [1.54, 1.807) is 48.5 Å². The zero-order chi connectivity index (χ0) is 23.3. The van der Waals surface area contributed by atoms with Crippen LogP contribution in [-0.2, 0) is 10.1 Å². The van der Waals surface area contributed by atoms with Crippen molar-refractivity contribution < 1.29 is 22.4 Å². The Morgan fingerprint density at radius 2 is 1.31 bits per heavy atom. The molecule has 0 aliphatic heterocycles. The molecular formula is C20H20N6O5S. The van der Waals surface area contributed by atoms with Gasteiger partial charge >= 0.3 is 0 Å². The van der Waals surface area contributed by atoms with E-state index < -0.39 is 15.0 Å². The Hall–Kier alpha value is -4.03. The standard InChI is InChI=1S/C20H20N6O5S/c1-30-14-7-3-5-12(9-14)23-25-16-11-17(32(27,28)29)19(22)20(18(16)21)26-24-13-6-4-8-15(10-13)31-2/h3-11H,21-22H2,1-2H3,(H,27,28,29). The Bertz CT molecular complexity index is 1310. The number of nitrogens with zero attached hydrogens (tertiary/aromatic N) is 4. The van der Waals surface area contributed by atoms with E-state index in [0.717, 1.165) is 6.07 Å². The normalized spacial score (nSPS) is 11.8. The minimum atomic E-state index is -4.71. The summed E-state index contributed by atoms with van der Waals surface area (Å²) in [4.78, 5) is -0.620. The second-order valence-electron chi connectivity index (χ2n) is 6.35. The highest BCUT2D eigenvalue weighted by Crippen LogP contribution is 2.43. The molecule has 0 aliphatic carbocycles. The predicted molar refractivity (Wildman–Crippen MR) is 119 cm³/mol. The number of nitrogens with two attached hydrogens (primary N) is 2. The van der Waals surface area contributed by atoms with Gasteiger partial charge in [-0.15, -0.1) is 10.2 Å². The zero-order valence-corrected chi connectivity index (χ0v) is 17.9. The van der Waals surface area contributed by atoms with E-state index in [4.69, 9.17) is 20.9 Å². The van der Waals surface area contributed by atoms with Gasteiger partial charge in [0.25, 0.3) is 10.1 Å². The molecule has 0 aliphatic rings. The summed E-state index contributed by atoms with van der Waals surface area (Å²) < 4.78 is 43.5. The van der Waals surface area contributed by atoms with Crippen molar-refractivity contribution in [3.05, 3.63) is 54.6 Å². The maximum Gasteiger partial charge on any atom is 0.296 e. The van der Waals surface area contributed by atoms with E-state index in [-0.39, 0.29) is 22.7 Å². The third-order valence-corrected chi connectivity index (χ3v) is 5.14. The van der Waals surface area contributed by atoms with E-state index >= 15 is 0 Å². The summed E-state index contributed by atoms with van der Waals surface area (Å²) >= 11 is 0. The number of azo groups is 2. The van der Waals surface area contributed by atoms with Gasteiger partial charge in [0.05, 0.1) is 37.0 Å². The summed E-state index contributed by atoms with van der Waals surface area (Å²) in [6, 6.07) is 14.4. The average Bonchev–Trinajstić information content (AvgIpc) is 2.78. The molecule has 166 valence electrons. The van der Waals surface area contributed by atoms with E-state index in [2.05, 4.69) is 20.5 Å². The number of hydrogen-bond acceptors (Lipinski definition) is 10. The first-order valence-corrected chi connectivity index (χ1v) is 10.5. The number of rotatable bonds is 7. The monoisotopic (exact) mass is 456 g/mol. The van der Waals surface area contributed by atoms with Crippen molar-refractivity contribution in [2.24, 2.45) is 20.5 Å². The highest BCUT2D eigenvalue weighted by atomic mass is 32.2. The van der Waals surface area contributed by atoms with Crippen LogP contribution in [0.25, 0.3) is 0 Å². The van der Waals surface area contributed by atoms with E-state index in [9.17, 15) is 13.0 Å². The van der Waals surface area contributed by atoms with Crippen LogP contribution in [0, 0.1) is 0 Å². The Balaban J connectivity index is 2.10. The van der Waals surface area contributed by atoms with Crippen LogP contribution < -0.4 is 20.9 Å². The Morgan fingerprint density at radius 1 is 0.781 bits per heavy atom. The fourth-order valence-electron chi connectivity index (χ4n) is 2.63. The van der Waals surface area contributed by atoms with Crippen LogP contribution in [0.1, 0.15) is 0 Å². The van der Waals surface area contributed by atoms with Crippen molar-refractivity contribution in [1.29, 1.82) is 0 Å². The van der Waals surface area contributed by atoms with Crippen LogP contribution in [0.4, 0.5) is 34.1 Å². The summed E-state index contributed by atoms with van der Waals surface area (Å²) in [5.74, 6) is 1.10. The summed E-state index contributed by atoms with van der Waals surface area (Å²) in [7, 11) is -1.70. The highest BCUT2D eigenvalue weighted by molar-refractivity contribution is 7.86. The summed E-state index contributed by atoms with van der Waals surface area (Å²) in [5.41, 5.74) is 12.2. The van der Waals surface area contributed by atoms with Gasteiger partial charge in [-0.05, 0) is 30.3 Å². The maximum atomic E-state index is 11.8. The molecule has 0 bridgehead atoms. The van der Waals surface area contributed by atoms with Crippen LogP contribution in [0.15, 0.2) is 79.9 Å². The van der Waals surface area contributed by atoms with Gasteiger partial charge in [0.2, 0.25) is 0 Å². The second kappa shape index (κ2) is 9.41. The Morgan fingerprint density at radius 3 is 1.81 bits per heavy atom. The third kappa shape index (κ3) is 5.17. The van der Waals surface area contributed by atoms with Crippen LogP contribution in [0.5, 0.6) is 11.5 Å². The molecule has 5 N–H and O–H groups in total. The lowest BCUT2D eigenvalue weighted by Crippen LogP contribution is -2.05. The number of benzene rings is 3. The molecule has 0 saturated heterocycles. The predicted octanol–water partition coefficient (Wildman–Crippen LogP) is 4.95. The van der Waals surface area contributed by atoms with Crippen molar-refractivity contribution >= 4 is 44.2 Å². The smallest absolute Gasteiger partial charge is 0.296 e. The zero-order valence-electron chi connectivity index (χ0n) is 17.1. The van der Waals surface area contributed by atoms with Crippen LogP contribution in [0.3, 0.4) is 0 Å². The van der Waals surface area contributed by atoms with Gasteiger partial charge in [-0.3, -0.25) is 4.55 Å². The minimum Gasteiger partial charge on any atom is -0.497 e. The van der Waals surface area contributed by atoms with Gasteiger partial charge in [-0.1, -0.05) is 12.1 Å². The highest BCUT2D eigenvalue weighted by Gasteiger charge is 2.22. The van der Waals surface area contributed by atoms with Crippen LogP contribution >= 0.6 is 0 Å². The molecule has 0 atom stereocenters. The van der Waals surface area contributed by atoms with E-state index in [1.807, 2.05) is 0 Å². The summed E-state index contributed by atoms with van der Waals surface area (Å²) in [6.45, 7) is 0. The van der Waals surface area contributed by atoms with Gasteiger partial charge in [0.1, 0.15) is 27.8 Å². The molecule has 11 nitrogen and oxygen atoms in total. The van der Waals surface area contributed by atoms with Gasteiger partial charge < -0.3 is 20.9 Å². The molecule has 0 unspecified atom stereocenters. The lowest BCUT2D eigenvalue weighted by atomic mass is 10.2. The van der Waals surface area contributed by atoms with Crippen molar-refractivity contribution in [3.8, 4) is 11.5 Å². The second-order valence-corrected chi connectivity index (χ2v) is 7.74. The first-order valence-electron chi connectivity index (χ1n) is 9.04. The summed E-state index contributed by atoms with van der Waals surface area (Å²) in [5, 5.41) is 16.1. The molecule has 0 saturated carbocycles. The number of hydrogen-bond donors (Lipinski definition) is 3. The molecule has 32 heavy (non-hydrogen) atoms. The van der Waals surface area contributed by atoms with E-state index in [1.165, 1.54) is 14.2 Å². The fourth-order valence-corrected chi connectivity index (χ4v) is 3.27. The molecule has 3 rings (SSSR count). The van der Waals surface area contributed by atoms with Gasteiger partial charge in [0, 0.05) is 12.1 Å². The molecule has 0 aromatic heterocycles. The molecule has 0 heterocycles. The number of nitrogen functional groups attached to an aromatic ring is 2. The van der Waals surface area contributed by atoms with Crippen LogP contribution in [0.2, 0.25) is 0 Å². The van der Waals surface area contributed by atoms with Crippen LogP contribution in [-0.4, -0.2) is 27.2 Å². The van der Waals surface area contributed by atoms with Gasteiger partial charge in [-0.25, -0.2) is 0 Å². The molecule has 3 aromatic rings. The quantitative estimate of drug-likeness (QED) is 0.256. The van der Waals surface area contributed by atoms with Crippen molar-refractivity contribution in [3.63, 3.8) is 0 Å². The Kier molecular flexibility index (Phi) is 6.66. The van der Waals surface area contributed by atoms with Gasteiger partial charge in [-0.2, -0.15) is 18.6 Å². The lowest BCUT2D eigenvalue weighted by Gasteiger charge is -2.10. The topological polar surface area (TPSA) is 174 Å². The maximum absolute atomic E-state index is 11.8. The number of methoxy groups -OCH3 is 2. The SMILES string of the molecule is COc1cccc(N=Nc2cc(S(=O)(=O)O)c(N)c(N=Nc3cccc(OC)c3)c2N)c1. The molecule has 0 spiro atoms. The molecule has 0 fully saturated rings. The Labute approximate surface area is 184 Å². The average molecular weight is 456 g/mol. The molecule has 3 aromatic carbocycles. The third-order valence-electron chi connectivity index (χ3n) is 4.24. The van der Waals surface area contributed by atoms with Gasteiger partial charge in [0.15, 0.2) is 0 Å². The molecule has 0 radical (unpaired) electrons. The first-order chi connectivity index (χ1) is 15.2. The number of ether oxygens (including phenoxy) is 2. The minimum absolute atomic E-state index is 0.0748. The number of anilines is 2. The lowest BCUT2D eigenvalue weighted by molar-refractivity contribution is 0.415. The van der Waals surface area contributed by atoms with Crippen molar-refractivity contribution in [2.45, 2.75) is 4.90 Å². The molecule has 12 heteroatoms. The summed E-state index contributed by atoms with van der Waals surface area (Å²) in [6.07, 6.45) is 0.